The highest BCUT2D eigenvalue weighted by molar-refractivity contribution is 6.22. The molecule has 2 aliphatic rings. The predicted molar refractivity (Wildman–Crippen MR) is 106 cm³/mol. The molecule has 0 saturated carbocycles. The van der Waals surface area contributed by atoms with Crippen molar-refractivity contribution in [3.05, 3.63) is 58.3 Å². The highest BCUT2D eigenvalue weighted by Gasteiger charge is 2.35. The summed E-state index contributed by atoms with van der Waals surface area (Å²) in [6.45, 7) is 3.11. The van der Waals surface area contributed by atoms with Crippen LogP contribution in [0.5, 0.6) is 0 Å². The fourth-order valence-electron chi connectivity index (χ4n) is 4.55. The van der Waals surface area contributed by atoms with E-state index in [1.807, 2.05) is 6.92 Å². The summed E-state index contributed by atoms with van der Waals surface area (Å²) in [7, 11) is 0. The number of hydrogen-bond acceptors (Lipinski definition) is 5. The van der Waals surface area contributed by atoms with Gasteiger partial charge in [0.05, 0.1) is 16.8 Å². The van der Waals surface area contributed by atoms with E-state index in [1.54, 1.807) is 12.1 Å². The fraction of sp³-hybridized carbons (Fsp3) is 0.318. The van der Waals surface area contributed by atoms with Crippen molar-refractivity contribution in [2.24, 2.45) is 0 Å². The Kier molecular flexibility index (Phi) is 4.30. The van der Waals surface area contributed by atoms with Gasteiger partial charge in [-0.3, -0.25) is 14.9 Å². The average Bonchev–Trinajstić information content (AvgIpc) is 3.28. The van der Waals surface area contributed by atoms with E-state index in [-0.39, 0.29) is 22.9 Å². The van der Waals surface area contributed by atoms with Crippen molar-refractivity contribution < 1.29 is 22.9 Å². The zero-order valence-electron chi connectivity index (χ0n) is 16.3. The molecule has 0 radical (unpaired) electrons. The lowest BCUT2D eigenvalue weighted by atomic mass is 9.90. The van der Waals surface area contributed by atoms with Crippen LogP contribution < -0.4 is 10.2 Å². The summed E-state index contributed by atoms with van der Waals surface area (Å²) in [5.74, 6) is -2.08. The van der Waals surface area contributed by atoms with Gasteiger partial charge in [-0.05, 0) is 37.5 Å². The number of anilines is 1. The molecular formula is C22H19F2N3O3. The predicted octanol–water partition coefficient (Wildman–Crippen LogP) is 3.94. The number of amides is 2. The first-order valence-corrected chi connectivity index (χ1v) is 9.98. The van der Waals surface area contributed by atoms with Crippen molar-refractivity contribution in [3.8, 4) is 0 Å². The quantitative estimate of drug-likeness (QED) is 0.661. The molecule has 2 aromatic carbocycles. The Balaban J connectivity index is 1.43. The summed E-state index contributed by atoms with van der Waals surface area (Å²) in [4.78, 5) is 26.0. The number of piperidine rings is 1. The van der Waals surface area contributed by atoms with Crippen LogP contribution in [0.4, 0.5) is 14.5 Å². The molecule has 30 heavy (non-hydrogen) atoms. The van der Waals surface area contributed by atoms with Gasteiger partial charge in [0, 0.05) is 41.7 Å². The van der Waals surface area contributed by atoms with E-state index >= 15 is 4.39 Å². The normalized spacial score (nSPS) is 17.0. The number of imide groups is 1. The first-order valence-electron chi connectivity index (χ1n) is 9.98. The molecule has 0 aliphatic carbocycles. The fourth-order valence-corrected chi connectivity index (χ4v) is 4.55. The van der Waals surface area contributed by atoms with Crippen LogP contribution in [0.3, 0.4) is 0 Å². The van der Waals surface area contributed by atoms with Gasteiger partial charge in [0.2, 0.25) is 0 Å². The molecule has 0 spiro atoms. The molecule has 3 aromatic rings. The summed E-state index contributed by atoms with van der Waals surface area (Å²) in [5, 5.41) is 7.14. The number of nitrogens with one attached hydrogen (secondary N) is 1. The molecule has 8 heteroatoms. The molecule has 1 N–H and O–H groups in total. The molecule has 1 saturated heterocycles. The summed E-state index contributed by atoms with van der Waals surface area (Å²) in [6, 6.07) is 6.04. The molecule has 154 valence electrons. The number of hydrogen-bond donors (Lipinski definition) is 1. The van der Waals surface area contributed by atoms with Crippen molar-refractivity contribution >= 4 is 28.5 Å². The van der Waals surface area contributed by atoms with E-state index in [1.165, 1.54) is 12.1 Å². The minimum atomic E-state index is -0.679. The Hall–Kier alpha value is -3.29. The third-order valence-corrected chi connectivity index (χ3v) is 6.08. The molecular weight excluding hydrogens is 392 g/mol. The molecule has 0 unspecified atom stereocenters. The number of aromatic nitrogens is 1. The highest BCUT2D eigenvalue weighted by Crippen LogP contribution is 2.37. The molecule has 3 heterocycles. The van der Waals surface area contributed by atoms with Gasteiger partial charge in [0.25, 0.3) is 11.8 Å². The number of nitrogens with zero attached hydrogens (tertiary/aromatic N) is 2. The van der Waals surface area contributed by atoms with E-state index in [4.69, 9.17) is 4.52 Å². The Bertz CT molecular complexity index is 1200. The van der Waals surface area contributed by atoms with E-state index < -0.39 is 17.6 Å². The van der Waals surface area contributed by atoms with Gasteiger partial charge in [0.15, 0.2) is 5.58 Å². The average molecular weight is 411 g/mol. The molecule has 2 amide bonds. The van der Waals surface area contributed by atoms with Crippen LogP contribution in [0.25, 0.3) is 11.0 Å². The lowest BCUT2D eigenvalue weighted by molar-refractivity contribution is 0.0878. The van der Waals surface area contributed by atoms with Crippen LogP contribution in [0, 0.1) is 11.6 Å². The molecule has 2 aliphatic heterocycles. The van der Waals surface area contributed by atoms with Crippen molar-refractivity contribution in [2.45, 2.75) is 32.1 Å². The van der Waals surface area contributed by atoms with E-state index in [0.29, 0.717) is 36.3 Å². The second kappa shape index (κ2) is 6.90. The standard InChI is InChI=1S/C22H19F2N3O3/c1-2-13-16(10-15-18(19(13)24)22(29)25-21(15)28)27-7-5-11(6-8-27)20-14-4-3-12(23)9-17(14)30-26-20/h3-4,9-11H,2,5-8H2,1H3,(H,25,28,29). The molecule has 6 nitrogen and oxygen atoms in total. The maximum atomic E-state index is 15.0. The van der Waals surface area contributed by atoms with Gasteiger partial charge >= 0.3 is 0 Å². The lowest BCUT2D eigenvalue weighted by Gasteiger charge is -2.34. The highest BCUT2D eigenvalue weighted by atomic mass is 19.1. The Labute approximate surface area is 170 Å². The number of fused-ring (bicyclic) bond motifs is 2. The summed E-state index contributed by atoms with van der Waals surface area (Å²) >= 11 is 0. The number of halogens is 2. The summed E-state index contributed by atoms with van der Waals surface area (Å²) in [6.07, 6.45) is 1.92. The maximum Gasteiger partial charge on any atom is 0.261 e. The maximum absolute atomic E-state index is 15.0. The van der Waals surface area contributed by atoms with Crippen LogP contribution in [-0.2, 0) is 6.42 Å². The zero-order chi connectivity index (χ0) is 21.0. The van der Waals surface area contributed by atoms with Crippen LogP contribution in [0.2, 0.25) is 0 Å². The molecule has 0 atom stereocenters. The number of carbonyl (C=O) groups is 2. The molecule has 5 rings (SSSR count). The van der Waals surface area contributed by atoms with Gasteiger partial charge < -0.3 is 9.42 Å². The first-order chi connectivity index (χ1) is 14.5. The topological polar surface area (TPSA) is 75.4 Å². The van der Waals surface area contributed by atoms with Gasteiger partial charge in [-0.15, -0.1) is 0 Å². The molecule has 1 aromatic heterocycles. The second-order valence-corrected chi connectivity index (χ2v) is 7.72. The zero-order valence-corrected chi connectivity index (χ0v) is 16.3. The largest absolute Gasteiger partial charge is 0.371 e. The Morgan fingerprint density at radius 3 is 2.67 bits per heavy atom. The summed E-state index contributed by atoms with van der Waals surface area (Å²) in [5.41, 5.74) is 2.28. The van der Waals surface area contributed by atoms with Crippen molar-refractivity contribution in [3.63, 3.8) is 0 Å². The molecule has 1 fully saturated rings. The summed E-state index contributed by atoms with van der Waals surface area (Å²) < 4.78 is 33.7. The first kappa shape index (κ1) is 18.7. The third-order valence-electron chi connectivity index (χ3n) is 6.08. The minimum absolute atomic E-state index is 0.0938. The second-order valence-electron chi connectivity index (χ2n) is 7.72. The smallest absolute Gasteiger partial charge is 0.261 e. The van der Waals surface area contributed by atoms with E-state index in [0.717, 1.165) is 23.9 Å². The van der Waals surface area contributed by atoms with Gasteiger partial charge in [0.1, 0.15) is 11.6 Å². The minimum Gasteiger partial charge on any atom is -0.371 e. The Morgan fingerprint density at radius 2 is 1.93 bits per heavy atom. The van der Waals surface area contributed by atoms with Crippen molar-refractivity contribution in [1.29, 1.82) is 0 Å². The molecule has 0 bridgehead atoms. The van der Waals surface area contributed by atoms with Crippen LogP contribution in [-0.4, -0.2) is 30.1 Å². The SMILES string of the molecule is CCc1c(N2CCC(c3noc4cc(F)ccc34)CC2)cc2c(c1F)C(=O)NC2=O. The van der Waals surface area contributed by atoms with Crippen LogP contribution in [0.1, 0.15) is 57.7 Å². The van der Waals surface area contributed by atoms with Gasteiger partial charge in [-0.25, -0.2) is 8.78 Å². The number of benzene rings is 2. The van der Waals surface area contributed by atoms with Gasteiger partial charge in [-0.1, -0.05) is 12.1 Å². The lowest BCUT2D eigenvalue weighted by Crippen LogP contribution is -2.34. The van der Waals surface area contributed by atoms with Crippen LogP contribution >= 0.6 is 0 Å². The van der Waals surface area contributed by atoms with Crippen molar-refractivity contribution in [1.82, 2.24) is 10.5 Å². The number of carbonyl (C=O) groups excluding carboxylic acids is 2. The third kappa shape index (κ3) is 2.78. The van der Waals surface area contributed by atoms with Crippen LogP contribution in [0.15, 0.2) is 28.8 Å². The van der Waals surface area contributed by atoms with Crippen molar-refractivity contribution in [2.75, 3.05) is 18.0 Å². The van der Waals surface area contributed by atoms with E-state index in [9.17, 15) is 14.0 Å². The number of rotatable bonds is 3. The Morgan fingerprint density at radius 1 is 1.17 bits per heavy atom. The monoisotopic (exact) mass is 411 g/mol. The van der Waals surface area contributed by atoms with E-state index in [2.05, 4.69) is 15.4 Å². The van der Waals surface area contributed by atoms with Gasteiger partial charge in [-0.2, -0.15) is 0 Å².